The van der Waals surface area contributed by atoms with E-state index in [9.17, 15) is 4.79 Å². The Morgan fingerprint density at radius 1 is 1.16 bits per heavy atom. The molecule has 0 bridgehead atoms. The molecule has 19 heavy (non-hydrogen) atoms. The van der Waals surface area contributed by atoms with Gasteiger partial charge >= 0.3 is 0 Å². The molecule has 1 aromatic rings. The molecule has 0 aliphatic rings. The molecule has 0 radical (unpaired) electrons. The van der Waals surface area contributed by atoms with Gasteiger partial charge in [0.05, 0.1) is 0 Å². The second kappa shape index (κ2) is 8.87. The minimum absolute atomic E-state index is 0.255. The lowest BCUT2D eigenvalue weighted by atomic mass is 10.1. The monoisotopic (exact) mass is 261 g/mol. The minimum atomic E-state index is 0.255. The summed E-state index contributed by atoms with van der Waals surface area (Å²) in [5, 5.41) is 0. The van der Waals surface area contributed by atoms with Gasteiger partial charge in [0.1, 0.15) is 0 Å². The summed E-state index contributed by atoms with van der Waals surface area (Å²) < 4.78 is 0. The molecule has 0 heterocycles. The standard InChI is InChI=1S/C17H27NO/c1-4-6-13-18(15(3)5-2)14-12-17(19)16-10-8-7-9-11-16/h7-11,15H,4-6,12-14H2,1-3H3. The van der Waals surface area contributed by atoms with E-state index in [2.05, 4.69) is 25.7 Å². The van der Waals surface area contributed by atoms with Crippen LogP contribution in [0.3, 0.4) is 0 Å². The number of carbonyl (C=O) groups is 1. The molecule has 0 aromatic heterocycles. The van der Waals surface area contributed by atoms with E-state index >= 15 is 0 Å². The number of hydrogen-bond donors (Lipinski definition) is 0. The molecule has 106 valence electrons. The largest absolute Gasteiger partial charge is 0.300 e. The summed E-state index contributed by atoms with van der Waals surface area (Å²) in [6.45, 7) is 8.66. The van der Waals surface area contributed by atoms with Crippen LogP contribution in [0, 0.1) is 0 Å². The maximum absolute atomic E-state index is 12.1. The quantitative estimate of drug-likeness (QED) is 0.622. The lowest BCUT2D eigenvalue weighted by Crippen LogP contribution is -2.35. The zero-order valence-corrected chi connectivity index (χ0v) is 12.6. The topological polar surface area (TPSA) is 20.3 Å². The molecule has 0 fully saturated rings. The zero-order valence-electron chi connectivity index (χ0n) is 12.6. The van der Waals surface area contributed by atoms with Gasteiger partial charge < -0.3 is 4.90 Å². The predicted octanol–water partition coefficient (Wildman–Crippen LogP) is 4.16. The Hall–Kier alpha value is -1.15. The maximum Gasteiger partial charge on any atom is 0.164 e. The Morgan fingerprint density at radius 2 is 1.84 bits per heavy atom. The van der Waals surface area contributed by atoms with Gasteiger partial charge in [0.15, 0.2) is 5.78 Å². The van der Waals surface area contributed by atoms with E-state index in [1.165, 1.54) is 12.8 Å². The van der Waals surface area contributed by atoms with Gasteiger partial charge in [-0.25, -0.2) is 0 Å². The van der Waals surface area contributed by atoms with Crippen LogP contribution in [0.4, 0.5) is 0 Å². The van der Waals surface area contributed by atoms with Crippen molar-refractivity contribution in [2.24, 2.45) is 0 Å². The number of Topliss-reactive ketones (excluding diaryl/α,β-unsaturated/α-hetero) is 1. The lowest BCUT2D eigenvalue weighted by Gasteiger charge is -2.28. The molecular weight excluding hydrogens is 234 g/mol. The van der Waals surface area contributed by atoms with Crippen molar-refractivity contribution in [2.75, 3.05) is 13.1 Å². The molecule has 0 N–H and O–H groups in total. The molecule has 2 nitrogen and oxygen atoms in total. The Labute approximate surface area is 117 Å². The average Bonchev–Trinajstić information content (AvgIpc) is 2.47. The van der Waals surface area contributed by atoms with E-state index in [4.69, 9.17) is 0 Å². The second-order valence-corrected chi connectivity index (χ2v) is 5.19. The first kappa shape index (κ1) is 15.9. The highest BCUT2D eigenvalue weighted by atomic mass is 16.1. The first-order chi connectivity index (χ1) is 9.19. The fraction of sp³-hybridized carbons (Fsp3) is 0.588. The number of nitrogens with zero attached hydrogens (tertiary/aromatic N) is 1. The molecule has 0 spiro atoms. The molecular formula is C17H27NO. The van der Waals surface area contributed by atoms with Crippen LogP contribution in [0.5, 0.6) is 0 Å². The van der Waals surface area contributed by atoms with Gasteiger partial charge in [0.25, 0.3) is 0 Å². The number of unbranched alkanes of at least 4 members (excludes halogenated alkanes) is 1. The summed E-state index contributed by atoms with van der Waals surface area (Å²) in [6, 6.07) is 10.2. The van der Waals surface area contributed by atoms with E-state index in [-0.39, 0.29) is 5.78 Å². The van der Waals surface area contributed by atoms with Gasteiger partial charge in [-0.1, -0.05) is 50.6 Å². The van der Waals surface area contributed by atoms with Crippen LogP contribution in [0.2, 0.25) is 0 Å². The summed E-state index contributed by atoms with van der Waals surface area (Å²) >= 11 is 0. The normalized spacial score (nSPS) is 12.6. The third-order valence-electron chi connectivity index (χ3n) is 3.73. The highest BCUT2D eigenvalue weighted by Crippen LogP contribution is 2.09. The van der Waals surface area contributed by atoms with Gasteiger partial charge in [-0.3, -0.25) is 4.79 Å². The highest BCUT2D eigenvalue weighted by Gasteiger charge is 2.13. The van der Waals surface area contributed by atoms with Gasteiger partial charge in [0.2, 0.25) is 0 Å². The molecule has 1 unspecified atom stereocenters. The Balaban J connectivity index is 2.49. The number of benzene rings is 1. The van der Waals surface area contributed by atoms with E-state index in [0.717, 1.165) is 25.1 Å². The van der Waals surface area contributed by atoms with Crippen molar-refractivity contribution >= 4 is 5.78 Å². The predicted molar refractivity (Wildman–Crippen MR) is 81.6 cm³/mol. The fourth-order valence-electron chi connectivity index (χ4n) is 2.19. The van der Waals surface area contributed by atoms with Crippen LogP contribution in [0.1, 0.15) is 56.8 Å². The van der Waals surface area contributed by atoms with Gasteiger partial charge in [-0.15, -0.1) is 0 Å². The maximum atomic E-state index is 12.1. The first-order valence-corrected chi connectivity index (χ1v) is 7.51. The third-order valence-corrected chi connectivity index (χ3v) is 3.73. The Morgan fingerprint density at radius 3 is 2.42 bits per heavy atom. The summed E-state index contributed by atoms with van der Waals surface area (Å²) in [4.78, 5) is 14.6. The van der Waals surface area contributed by atoms with Crippen molar-refractivity contribution in [3.8, 4) is 0 Å². The molecule has 0 saturated heterocycles. The summed E-state index contributed by atoms with van der Waals surface area (Å²) in [7, 11) is 0. The van der Waals surface area contributed by atoms with E-state index < -0.39 is 0 Å². The Kier molecular flexibility index (Phi) is 7.42. The van der Waals surface area contributed by atoms with Crippen molar-refractivity contribution in [1.29, 1.82) is 0 Å². The molecule has 1 rings (SSSR count). The van der Waals surface area contributed by atoms with Crippen LogP contribution in [0.25, 0.3) is 0 Å². The van der Waals surface area contributed by atoms with Gasteiger partial charge in [-0.2, -0.15) is 0 Å². The van der Waals surface area contributed by atoms with Crippen molar-refractivity contribution in [1.82, 2.24) is 4.90 Å². The minimum Gasteiger partial charge on any atom is -0.300 e. The number of hydrogen-bond acceptors (Lipinski definition) is 2. The molecule has 2 heteroatoms. The van der Waals surface area contributed by atoms with Crippen molar-refractivity contribution in [3.05, 3.63) is 35.9 Å². The lowest BCUT2D eigenvalue weighted by molar-refractivity contribution is 0.0951. The van der Waals surface area contributed by atoms with Crippen LogP contribution >= 0.6 is 0 Å². The summed E-state index contributed by atoms with van der Waals surface area (Å²) in [6.07, 6.45) is 4.19. The van der Waals surface area contributed by atoms with Crippen molar-refractivity contribution < 1.29 is 4.79 Å². The van der Waals surface area contributed by atoms with Gasteiger partial charge in [-0.05, 0) is 26.3 Å². The molecule has 0 amide bonds. The molecule has 0 aliphatic heterocycles. The van der Waals surface area contributed by atoms with Crippen molar-refractivity contribution in [3.63, 3.8) is 0 Å². The van der Waals surface area contributed by atoms with Crippen LogP contribution < -0.4 is 0 Å². The molecule has 1 aromatic carbocycles. The highest BCUT2D eigenvalue weighted by molar-refractivity contribution is 5.96. The van der Waals surface area contributed by atoms with E-state index in [1.807, 2.05) is 30.3 Å². The van der Waals surface area contributed by atoms with Crippen LogP contribution in [0.15, 0.2) is 30.3 Å². The molecule has 0 aliphatic carbocycles. The SMILES string of the molecule is CCCCN(CCC(=O)c1ccccc1)C(C)CC. The first-order valence-electron chi connectivity index (χ1n) is 7.51. The summed E-state index contributed by atoms with van der Waals surface area (Å²) in [5.74, 6) is 0.255. The summed E-state index contributed by atoms with van der Waals surface area (Å²) in [5.41, 5.74) is 0.835. The smallest absolute Gasteiger partial charge is 0.164 e. The fourth-order valence-corrected chi connectivity index (χ4v) is 2.19. The van der Waals surface area contributed by atoms with E-state index in [0.29, 0.717) is 12.5 Å². The number of ketones is 1. The van der Waals surface area contributed by atoms with Crippen molar-refractivity contribution in [2.45, 2.75) is 52.5 Å². The number of rotatable bonds is 9. The van der Waals surface area contributed by atoms with E-state index in [1.54, 1.807) is 0 Å². The van der Waals surface area contributed by atoms with Gasteiger partial charge in [0, 0.05) is 24.6 Å². The Bertz CT molecular complexity index is 361. The molecule has 1 atom stereocenters. The van der Waals surface area contributed by atoms with Crippen LogP contribution in [-0.4, -0.2) is 29.8 Å². The second-order valence-electron chi connectivity index (χ2n) is 5.19. The number of carbonyl (C=O) groups excluding carboxylic acids is 1. The average molecular weight is 261 g/mol. The third kappa shape index (κ3) is 5.56. The molecule has 0 saturated carbocycles. The zero-order chi connectivity index (χ0) is 14.1. The van der Waals surface area contributed by atoms with Crippen LogP contribution in [-0.2, 0) is 0 Å².